The van der Waals surface area contributed by atoms with Crippen LogP contribution >= 0.6 is 0 Å². The third kappa shape index (κ3) is 4.76. The van der Waals surface area contributed by atoms with Crippen molar-refractivity contribution in [3.05, 3.63) is 18.7 Å². The van der Waals surface area contributed by atoms with Gasteiger partial charge in [-0.3, -0.25) is 4.90 Å². The number of β-amino-alcohol motifs (C(OH)–C–C–N with tert-alkyl or cyclic N) is 1. The molecule has 0 saturated carbocycles. The van der Waals surface area contributed by atoms with Gasteiger partial charge in [-0.1, -0.05) is 0 Å². The first kappa shape index (κ1) is 16.9. The van der Waals surface area contributed by atoms with Crippen molar-refractivity contribution in [1.82, 2.24) is 19.4 Å². The summed E-state index contributed by atoms with van der Waals surface area (Å²) in [6.07, 6.45) is 8.32. The summed E-state index contributed by atoms with van der Waals surface area (Å²) in [6, 6.07) is 0.562. The summed E-state index contributed by atoms with van der Waals surface area (Å²) in [5.74, 6) is 0. The quantitative estimate of drug-likeness (QED) is 0.876. The third-order valence-corrected chi connectivity index (χ3v) is 4.94. The van der Waals surface area contributed by atoms with E-state index in [-0.39, 0.29) is 18.3 Å². The number of aromatic nitrogens is 2. The lowest BCUT2D eigenvalue weighted by Crippen LogP contribution is -2.50. The molecule has 1 aromatic rings. The van der Waals surface area contributed by atoms with Gasteiger partial charge in [0.05, 0.1) is 24.6 Å². The highest BCUT2D eigenvalue weighted by Crippen LogP contribution is 2.22. The van der Waals surface area contributed by atoms with Crippen LogP contribution in [0, 0.1) is 0 Å². The minimum atomic E-state index is -0.280. The molecule has 130 valence electrons. The lowest BCUT2D eigenvalue weighted by Gasteiger charge is -2.38. The first-order valence-corrected chi connectivity index (χ1v) is 8.86. The maximum atomic E-state index is 10.4. The van der Waals surface area contributed by atoms with Gasteiger partial charge in [0.15, 0.2) is 0 Å². The molecule has 2 saturated heterocycles. The number of morpholine rings is 1. The average molecular weight is 322 g/mol. The summed E-state index contributed by atoms with van der Waals surface area (Å²) in [7, 11) is 0. The van der Waals surface area contributed by atoms with Crippen molar-refractivity contribution in [2.75, 3.05) is 39.3 Å². The van der Waals surface area contributed by atoms with E-state index in [1.54, 1.807) is 0 Å². The second kappa shape index (κ2) is 7.75. The van der Waals surface area contributed by atoms with E-state index in [0.29, 0.717) is 6.04 Å². The van der Waals surface area contributed by atoms with Gasteiger partial charge in [-0.2, -0.15) is 0 Å². The van der Waals surface area contributed by atoms with Crippen LogP contribution in [0.25, 0.3) is 0 Å². The molecule has 6 heteroatoms. The molecule has 0 spiro atoms. The monoisotopic (exact) mass is 322 g/mol. The van der Waals surface area contributed by atoms with Crippen molar-refractivity contribution < 1.29 is 9.84 Å². The molecule has 2 fully saturated rings. The summed E-state index contributed by atoms with van der Waals surface area (Å²) in [4.78, 5) is 8.86. The van der Waals surface area contributed by atoms with Crippen LogP contribution < -0.4 is 0 Å². The third-order valence-electron chi connectivity index (χ3n) is 4.94. The lowest BCUT2D eigenvalue weighted by molar-refractivity contribution is -0.0783. The van der Waals surface area contributed by atoms with Gasteiger partial charge >= 0.3 is 0 Å². The predicted molar refractivity (Wildman–Crippen MR) is 89.4 cm³/mol. The highest BCUT2D eigenvalue weighted by Gasteiger charge is 2.26. The molecule has 0 aliphatic carbocycles. The number of hydrogen-bond donors (Lipinski definition) is 1. The number of aliphatic hydroxyl groups is 1. The van der Waals surface area contributed by atoms with Gasteiger partial charge in [-0.05, 0) is 26.7 Å². The van der Waals surface area contributed by atoms with Gasteiger partial charge in [0.25, 0.3) is 0 Å². The first-order chi connectivity index (χ1) is 11.1. The number of imidazole rings is 1. The number of piperidine rings is 1. The highest BCUT2D eigenvalue weighted by molar-refractivity contribution is 4.85. The van der Waals surface area contributed by atoms with Crippen LogP contribution in [0.15, 0.2) is 18.7 Å². The number of hydrogen-bond acceptors (Lipinski definition) is 5. The molecule has 3 atom stereocenters. The van der Waals surface area contributed by atoms with E-state index < -0.39 is 0 Å². The van der Waals surface area contributed by atoms with E-state index in [1.165, 1.54) is 0 Å². The van der Waals surface area contributed by atoms with Gasteiger partial charge in [-0.25, -0.2) is 4.98 Å². The summed E-state index contributed by atoms with van der Waals surface area (Å²) < 4.78 is 7.97. The van der Waals surface area contributed by atoms with E-state index in [9.17, 15) is 5.11 Å². The van der Waals surface area contributed by atoms with Crippen molar-refractivity contribution in [3.63, 3.8) is 0 Å². The van der Waals surface area contributed by atoms with E-state index >= 15 is 0 Å². The summed E-state index contributed by atoms with van der Waals surface area (Å²) >= 11 is 0. The Hall–Kier alpha value is -0.950. The van der Waals surface area contributed by atoms with Crippen LogP contribution in [0.5, 0.6) is 0 Å². The molecule has 3 rings (SSSR count). The molecule has 3 unspecified atom stereocenters. The molecule has 0 bridgehead atoms. The van der Waals surface area contributed by atoms with E-state index in [0.717, 1.165) is 52.1 Å². The van der Waals surface area contributed by atoms with Crippen LogP contribution in [0.3, 0.4) is 0 Å². The van der Waals surface area contributed by atoms with Gasteiger partial charge < -0.3 is 19.3 Å². The summed E-state index contributed by atoms with van der Waals surface area (Å²) in [6.45, 7) is 9.68. The normalized spacial score (nSPS) is 29.7. The van der Waals surface area contributed by atoms with Crippen molar-refractivity contribution >= 4 is 0 Å². The summed E-state index contributed by atoms with van der Waals surface area (Å²) in [5, 5.41) is 10.4. The maximum absolute atomic E-state index is 10.4. The van der Waals surface area contributed by atoms with Crippen molar-refractivity contribution in [2.45, 2.75) is 51.0 Å². The van der Waals surface area contributed by atoms with Crippen LogP contribution in [-0.2, 0) is 4.74 Å². The predicted octanol–water partition coefficient (Wildman–Crippen LogP) is 0.990. The largest absolute Gasteiger partial charge is 0.390 e. The minimum absolute atomic E-state index is 0.261. The Kier molecular flexibility index (Phi) is 5.69. The topological polar surface area (TPSA) is 53.8 Å². The fourth-order valence-electron chi connectivity index (χ4n) is 3.97. The Bertz CT molecular complexity index is 449. The molecule has 0 amide bonds. The Labute approximate surface area is 139 Å². The SMILES string of the molecule is CC1CN(CC(O)CN2CCC(n3ccnc3)CC2)CC(C)O1. The smallest absolute Gasteiger partial charge is 0.0948 e. The zero-order valence-electron chi connectivity index (χ0n) is 14.3. The molecule has 2 aliphatic heterocycles. The molecule has 2 aliphatic rings. The molecular weight excluding hydrogens is 292 g/mol. The fourth-order valence-corrected chi connectivity index (χ4v) is 3.97. The van der Waals surface area contributed by atoms with E-state index in [2.05, 4.69) is 39.4 Å². The Morgan fingerprint density at radius 3 is 2.39 bits per heavy atom. The van der Waals surface area contributed by atoms with Gasteiger partial charge in [-0.15, -0.1) is 0 Å². The molecule has 6 nitrogen and oxygen atoms in total. The fraction of sp³-hybridized carbons (Fsp3) is 0.824. The van der Waals surface area contributed by atoms with E-state index in [4.69, 9.17) is 4.74 Å². The molecule has 23 heavy (non-hydrogen) atoms. The van der Waals surface area contributed by atoms with E-state index in [1.807, 2.05) is 12.5 Å². The maximum Gasteiger partial charge on any atom is 0.0948 e. The standard InChI is InChI=1S/C17H30N4O2/c1-14-9-20(10-15(2)23-14)12-17(22)11-19-6-3-16(4-7-19)21-8-5-18-13-21/h5,8,13-17,22H,3-4,6-7,9-12H2,1-2H3. The molecular formula is C17H30N4O2. The molecule has 0 aromatic carbocycles. The van der Waals surface area contributed by atoms with Crippen LogP contribution in [-0.4, -0.2) is 82.0 Å². The number of ether oxygens (including phenoxy) is 1. The van der Waals surface area contributed by atoms with Crippen LogP contribution in [0.4, 0.5) is 0 Å². The Balaban J connectivity index is 1.40. The highest BCUT2D eigenvalue weighted by atomic mass is 16.5. The van der Waals surface area contributed by atoms with Crippen molar-refractivity contribution in [2.24, 2.45) is 0 Å². The number of likely N-dealkylation sites (tertiary alicyclic amines) is 1. The van der Waals surface area contributed by atoms with Crippen molar-refractivity contribution in [3.8, 4) is 0 Å². The van der Waals surface area contributed by atoms with Crippen molar-refractivity contribution in [1.29, 1.82) is 0 Å². The van der Waals surface area contributed by atoms with Gasteiger partial charge in [0.2, 0.25) is 0 Å². The number of rotatable bonds is 5. The summed E-state index contributed by atoms with van der Waals surface area (Å²) in [5.41, 5.74) is 0. The molecule has 1 aromatic heterocycles. The second-order valence-corrected chi connectivity index (χ2v) is 7.17. The average Bonchev–Trinajstić information content (AvgIpc) is 3.01. The molecule has 3 heterocycles. The van der Waals surface area contributed by atoms with Crippen LogP contribution in [0.2, 0.25) is 0 Å². The van der Waals surface area contributed by atoms with Gasteiger partial charge in [0, 0.05) is 57.7 Å². The van der Waals surface area contributed by atoms with Crippen LogP contribution in [0.1, 0.15) is 32.7 Å². The Morgan fingerprint density at radius 1 is 1.13 bits per heavy atom. The van der Waals surface area contributed by atoms with Gasteiger partial charge in [0.1, 0.15) is 0 Å². The Morgan fingerprint density at radius 2 is 1.78 bits per heavy atom. The zero-order valence-corrected chi connectivity index (χ0v) is 14.3. The number of nitrogens with zero attached hydrogens (tertiary/aromatic N) is 4. The minimum Gasteiger partial charge on any atom is -0.390 e. The molecule has 0 radical (unpaired) electrons. The lowest BCUT2D eigenvalue weighted by atomic mass is 10.0. The second-order valence-electron chi connectivity index (χ2n) is 7.17. The zero-order chi connectivity index (χ0) is 16.2. The number of aliphatic hydroxyl groups excluding tert-OH is 1. The molecule has 1 N–H and O–H groups in total. The first-order valence-electron chi connectivity index (χ1n) is 8.86.